The van der Waals surface area contributed by atoms with Crippen molar-refractivity contribution in [2.75, 3.05) is 19.6 Å². The quantitative estimate of drug-likeness (QED) is 0.470. The van der Waals surface area contributed by atoms with Crippen LogP contribution in [0.2, 0.25) is 0 Å². The van der Waals surface area contributed by atoms with Gasteiger partial charge in [0.25, 0.3) is 5.69 Å². The molecule has 9 heteroatoms. The number of nitro benzene ring substituents is 1. The van der Waals surface area contributed by atoms with Gasteiger partial charge in [-0.05, 0) is 37.0 Å². The third kappa shape index (κ3) is 4.95. The highest BCUT2D eigenvalue weighted by atomic mass is 32.1. The van der Waals surface area contributed by atoms with Crippen molar-refractivity contribution in [3.8, 4) is 0 Å². The van der Waals surface area contributed by atoms with Crippen LogP contribution >= 0.6 is 12.6 Å². The molecule has 2 aliphatic rings. The number of non-ortho nitro benzene ring substituents is 1. The molecule has 8 nitrogen and oxygen atoms in total. The van der Waals surface area contributed by atoms with Crippen molar-refractivity contribution in [3.05, 3.63) is 39.9 Å². The molecule has 0 spiro atoms. The van der Waals surface area contributed by atoms with Crippen LogP contribution in [0.4, 0.5) is 10.5 Å². The molecule has 0 radical (unpaired) electrons. The molecule has 1 aromatic rings. The van der Waals surface area contributed by atoms with E-state index in [-0.39, 0.29) is 23.5 Å². The number of likely N-dealkylation sites (tertiary alicyclic amines) is 2. The van der Waals surface area contributed by atoms with Crippen molar-refractivity contribution in [1.29, 1.82) is 0 Å². The van der Waals surface area contributed by atoms with Crippen LogP contribution in [-0.2, 0) is 16.1 Å². The van der Waals surface area contributed by atoms with Crippen molar-refractivity contribution in [2.24, 2.45) is 0 Å². The standard InChI is InChI=1S/C19H25N3O5S/c23-18(20-9-3-1-2-4-10-20)17-11-16(28)12-21(17)19(24)27-13-14-5-7-15(8-6-14)22(25)26/h5-8,16-17,28H,1-4,9-13H2/t16-,17-/m0/s1. The van der Waals surface area contributed by atoms with Crippen LogP contribution in [0.5, 0.6) is 0 Å². The summed E-state index contributed by atoms with van der Waals surface area (Å²) >= 11 is 4.47. The number of hydrogen-bond donors (Lipinski definition) is 1. The minimum absolute atomic E-state index is 0.00477. The number of thiol groups is 1. The Morgan fingerprint density at radius 3 is 2.39 bits per heavy atom. The van der Waals surface area contributed by atoms with Gasteiger partial charge >= 0.3 is 6.09 Å². The van der Waals surface area contributed by atoms with E-state index in [2.05, 4.69) is 12.6 Å². The largest absolute Gasteiger partial charge is 0.445 e. The van der Waals surface area contributed by atoms with E-state index in [0.717, 1.165) is 38.8 Å². The Morgan fingerprint density at radius 2 is 1.79 bits per heavy atom. The van der Waals surface area contributed by atoms with E-state index in [4.69, 9.17) is 4.74 Å². The van der Waals surface area contributed by atoms with E-state index in [0.29, 0.717) is 18.5 Å². The molecule has 2 saturated heterocycles. The molecule has 2 amide bonds. The molecule has 152 valence electrons. The van der Waals surface area contributed by atoms with Crippen molar-refractivity contribution in [2.45, 2.75) is 50.0 Å². The lowest BCUT2D eigenvalue weighted by molar-refractivity contribution is -0.384. The lowest BCUT2D eigenvalue weighted by Gasteiger charge is -2.29. The lowest BCUT2D eigenvalue weighted by atomic mass is 10.2. The summed E-state index contributed by atoms with van der Waals surface area (Å²) in [6, 6.07) is 5.31. The smallest absolute Gasteiger partial charge is 0.410 e. The highest BCUT2D eigenvalue weighted by Crippen LogP contribution is 2.26. The van der Waals surface area contributed by atoms with E-state index in [1.165, 1.54) is 17.0 Å². The van der Waals surface area contributed by atoms with Gasteiger partial charge in [0.15, 0.2) is 0 Å². The van der Waals surface area contributed by atoms with Gasteiger partial charge in [0.2, 0.25) is 5.91 Å². The summed E-state index contributed by atoms with van der Waals surface area (Å²) in [6.07, 6.45) is 4.21. The van der Waals surface area contributed by atoms with Crippen molar-refractivity contribution in [3.63, 3.8) is 0 Å². The summed E-state index contributed by atoms with van der Waals surface area (Å²) < 4.78 is 5.37. The van der Waals surface area contributed by atoms with Crippen LogP contribution in [0.3, 0.4) is 0 Å². The highest BCUT2D eigenvalue weighted by molar-refractivity contribution is 7.81. The number of rotatable bonds is 4. The topological polar surface area (TPSA) is 93.0 Å². The molecule has 0 aromatic heterocycles. The fourth-order valence-electron chi connectivity index (χ4n) is 3.69. The Morgan fingerprint density at radius 1 is 1.14 bits per heavy atom. The Labute approximate surface area is 169 Å². The second-order valence-electron chi connectivity index (χ2n) is 7.28. The van der Waals surface area contributed by atoms with Gasteiger partial charge < -0.3 is 9.64 Å². The molecule has 0 saturated carbocycles. The number of nitro groups is 1. The van der Waals surface area contributed by atoms with E-state index in [1.54, 1.807) is 12.1 Å². The number of ether oxygens (including phenoxy) is 1. The van der Waals surface area contributed by atoms with E-state index < -0.39 is 17.1 Å². The summed E-state index contributed by atoms with van der Waals surface area (Å²) in [5.74, 6) is -0.0225. The molecule has 0 bridgehead atoms. The molecule has 0 aliphatic carbocycles. The van der Waals surface area contributed by atoms with Crippen LogP contribution < -0.4 is 0 Å². The minimum Gasteiger partial charge on any atom is -0.445 e. The van der Waals surface area contributed by atoms with Crippen LogP contribution in [0.15, 0.2) is 24.3 Å². The number of nitrogens with zero attached hydrogens (tertiary/aromatic N) is 3. The molecule has 2 atom stereocenters. The number of amides is 2. The molecule has 2 heterocycles. The molecule has 2 fully saturated rings. The van der Waals surface area contributed by atoms with Crippen molar-refractivity contribution >= 4 is 30.3 Å². The molecule has 2 aliphatic heterocycles. The third-order valence-corrected chi connectivity index (χ3v) is 5.60. The normalized spacial score (nSPS) is 22.6. The third-order valence-electron chi connectivity index (χ3n) is 5.23. The van der Waals surface area contributed by atoms with Gasteiger partial charge in [-0.25, -0.2) is 4.79 Å². The van der Waals surface area contributed by atoms with Gasteiger partial charge in [0.05, 0.1) is 4.92 Å². The molecular formula is C19H25N3O5S. The fraction of sp³-hybridized carbons (Fsp3) is 0.579. The summed E-state index contributed by atoms with van der Waals surface area (Å²) in [5.41, 5.74) is 0.631. The summed E-state index contributed by atoms with van der Waals surface area (Å²) in [6.45, 7) is 1.83. The Bertz CT molecular complexity index is 719. The molecule has 0 N–H and O–H groups in total. The average Bonchev–Trinajstić information content (AvgIpc) is 2.90. The predicted octanol–water partition coefficient (Wildman–Crippen LogP) is 3.01. The summed E-state index contributed by atoms with van der Waals surface area (Å²) in [7, 11) is 0. The Kier molecular flexibility index (Phi) is 6.77. The Balaban J connectivity index is 1.60. The minimum atomic E-state index is -0.553. The number of carbonyl (C=O) groups is 2. The second kappa shape index (κ2) is 9.27. The monoisotopic (exact) mass is 407 g/mol. The zero-order valence-corrected chi connectivity index (χ0v) is 16.6. The average molecular weight is 407 g/mol. The van der Waals surface area contributed by atoms with Crippen molar-refractivity contribution < 1.29 is 19.2 Å². The molecule has 1 aromatic carbocycles. The van der Waals surface area contributed by atoms with Crippen LogP contribution in [0.25, 0.3) is 0 Å². The first-order chi connectivity index (χ1) is 13.5. The van der Waals surface area contributed by atoms with Gasteiger partial charge in [-0.3, -0.25) is 19.8 Å². The lowest BCUT2D eigenvalue weighted by Crippen LogP contribution is -2.48. The van der Waals surface area contributed by atoms with Gasteiger partial charge in [-0.15, -0.1) is 0 Å². The van der Waals surface area contributed by atoms with Crippen LogP contribution in [-0.4, -0.2) is 57.6 Å². The second-order valence-corrected chi connectivity index (χ2v) is 8.01. The Hall–Kier alpha value is -2.29. The van der Waals surface area contributed by atoms with Gasteiger partial charge in [-0.1, -0.05) is 12.8 Å². The zero-order valence-electron chi connectivity index (χ0n) is 15.7. The van der Waals surface area contributed by atoms with E-state index in [1.807, 2.05) is 4.90 Å². The van der Waals surface area contributed by atoms with E-state index >= 15 is 0 Å². The zero-order chi connectivity index (χ0) is 20.1. The summed E-state index contributed by atoms with van der Waals surface area (Å²) in [4.78, 5) is 39.1. The maximum absolute atomic E-state index is 13.0. The van der Waals surface area contributed by atoms with Gasteiger partial charge in [0, 0.05) is 37.0 Å². The maximum atomic E-state index is 13.0. The maximum Gasteiger partial charge on any atom is 0.410 e. The molecular weight excluding hydrogens is 382 g/mol. The first-order valence-corrected chi connectivity index (χ1v) is 10.1. The van der Waals surface area contributed by atoms with Crippen LogP contribution in [0.1, 0.15) is 37.7 Å². The molecule has 0 unspecified atom stereocenters. The molecule has 28 heavy (non-hydrogen) atoms. The van der Waals surface area contributed by atoms with Gasteiger partial charge in [0.1, 0.15) is 12.6 Å². The molecule has 3 rings (SSSR count). The van der Waals surface area contributed by atoms with Crippen molar-refractivity contribution in [1.82, 2.24) is 9.80 Å². The summed E-state index contributed by atoms with van der Waals surface area (Å²) in [5, 5.41) is 10.6. The number of hydrogen-bond acceptors (Lipinski definition) is 6. The first kappa shape index (κ1) is 20.4. The number of benzene rings is 1. The predicted molar refractivity (Wildman–Crippen MR) is 106 cm³/mol. The SMILES string of the molecule is O=C([C@@H]1C[C@H](S)CN1C(=O)OCc1ccc([N+](=O)[O-])cc1)N1CCCCCC1. The fourth-order valence-corrected chi connectivity index (χ4v) is 4.07. The number of carbonyl (C=O) groups excluding carboxylic acids is 2. The van der Waals surface area contributed by atoms with Gasteiger partial charge in [-0.2, -0.15) is 12.6 Å². The van der Waals surface area contributed by atoms with E-state index in [9.17, 15) is 19.7 Å². The highest BCUT2D eigenvalue weighted by Gasteiger charge is 2.41. The first-order valence-electron chi connectivity index (χ1n) is 9.59. The van der Waals surface area contributed by atoms with Crippen LogP contribution in [0, 0.1) is 10.1 Å².